The van der Waals surface area contributed by atoms with Crippen molar-refractivity contribution in [2.45, 2.75) is 32.6 Å². The van der Waals surface area contributed by atoms with Crippen molar-refractivity contribution in [2.75, 3.05) is 0 Å². The SMILES string of the molecule is C[C@@]12CC(=O)CC[C@@H]1C2. The molecule has 50 valence electrons. The number of hydrogen-bond donors (Lipinski definition) is 0. The molecule has 2 atom stereocenters. The Balaban J connectivity index is 2.11. The Morgan fingerprint density at radius 2 is 2.44 bits per heavy atom. The summed E-state index contributed by atoms with van der Waals surface area (Å²) in [5.41, 5.74) is 0.468. The van der Waals surface area contributed by atoms with Crippen molar-refractivity contribution in [2.24, 2.45) is 11.3 Å². The van der Waals surface area contributed by atoms with Crippen LogP contribution in [0.1, 0.15) is 32.6 Å². The molecule has 1 nitrogen and oxygen atoms in total. The summed E-state index contributed by atoms with van der Waals surface area (Å²) in [6, 6.07) is 0. The highest BCUT2D eigenvalue weighted by molar-refractivity contribution is 5.80. The van der Waals surface area contributed by atoms with Gasteiger partial charge in [0.25, 0.3) is 0 Å². The van der Waals surface area contributed by atoms with Crippen molar-refractivity contribution < 1.29 is 4.79 Å². The van der Waals surface area contributed by atoms with E-state index in [1.807, 2.05) is 0 Å². The first kappa shape index (κ1) is 5.45. The van der Waals surface area contributed by atoms with Crippen LogP contribution < -0.4 is 0 Å². The fourth-order valence-electron chi connectivity index (χ4n) is 2.05. The average Bonchev–Trinajstić information content (AvgIpc) is 2.38. The summed E-state index contributed by atoms with van der Waals surface area (Å²) in [5, 5.41) is 0. The van der Waals surface area contributed by atoms with E-state index in [1.165, 1.54) is 12.8 Å². The average molecular weight is 124 g/mol. The van der Waals surface area contributed by atoms with Crippen molar-refractivity contribution in [3.63, 3.8) is 0 Å². The van der Waals surface area contributed by atoms with E-state index in [2.05, 4.69) is 6.92 Å². The lowest BCUT2D eigenvalue weighted by atomic mass is 9.89. The Bertz CT molecular complexity index is 162. The smallest absolute Gasteiger partial charge is 0.133 e. The zero-order chi connectivity index (χ0) is 6.48. The fraction of sp³-hybridized carbons (Fsp3) is 0.875. The van der Waals surface area contributed by atoms with Gasteiger partial charge in [0, 0.05) is 12.8 Å². The Kier molecular flexibility index (Phi) is 0.842. The molecule has 0 amide bonds. The Morgan fingerprint density at radius 1 is 1.67 bits per heavy atom. The Labute approximate surface area is 55.4 Å². The molecule has 0 spiro atoms. The van der Waals surface area contributed by atoms with Gasteiger partial charge in [0.1, 0.15) is 5.78 Å². The molecule has 2 fully saturated rings. The van der Waals surface area contributed by atoms with Crippen LogP contribution in [-0.4, -0.2) is 5.78 Å². The third kappa shape index (κ3) is 0.707. The van der Waals surface area contributed by atoms with Crippen molar-refractivity contribution >= 4 is 5.78 Å². The van der Waals surface area contributed by atoms with Crippen LogP contribution in [0.5, 0.6) is 0 Å². The summed E-state index contributed by atoms with van der Waals surface area (Å²) in [4.78, 5) is 10.9. The number of hydrogen-bond acceptors (Lipinski definition) is 1. The molecule has 0 aromatic heterocycles. The predicted octanol–water partition coefficient (Wildman–Crippen LogP) is 1.77. The number of carbonyl (C=O) groups is 1. The first-order valence-electron chi connectivity index (χ1n) is 3.72. The monoisotopic (exact) mass is 124 g/mol. The van der Waals surface area contributed by atoms with Crippen LogP contribution in [0.4, 0.5) is 0 Å². The van der Waals surface area contributed by atoms with E-state index >= 15 is 0 Å². The highest BCUT2D eigenvalue weighted by Crippen LogP contribution is 2.59. The molecule has 0 radical (unpaired) electrons. The standard InChI is InChI=1S/C8H12O/c1-8-4-6(8)2-3-7(9)5-8/h6H,2-5H2,1H3/t6-,8-/m1/s1. The van der Waals surface area contributed by atoms with Crippen LogP contribution in [0.15, 0.2) is 0 Å². The summed E-state index contributed by atoms with van der Waals surface area (Å²) < 4.78 is 0. The van der Waals surface area contributed by atoms with Gasteiger partial charge in [-0.3, -0.25) is 4.79 Å². The van der Waals surface area contributed by atoms with Gasteiger partial charge < -0.3 is 0 Å². The van der Waals surface area contributed by atoms with Crippen LogP contribution in [0, 0.1) is 11.3 Å². The molecule has 0 saturated heterocycles. The molecular formula is C8H12O. The second-order valence-electron chi connectivity index (χ2n) is 3.81. The lowest BCUT2D eigenvalue weighted by Gasteiger charge is -2.14. The molecule has 0 aromatic rings. The lowest BCUT2D eigenvalue weighted by Crippen LogP contribution is -2.13. The number of carbonyl (C=O) groups excluding carboxylic acids is 1. The summed E-state index contributed by atoms with van der Waals surface area (Å²) in [6.45, 7) is 2.24. The van der Waals surface area contributed by atoms with Crippen LogP contribution in [0.2, 0.25) is 0 Å². The van der Waals surface area contributed by atoms with Crippen LogP contribution >= 0.6 is 0 Å². The van der Waals surface area contributed by atoms with Gasteiger partial charge in [-0.1, -0.05) is 6.92 Å². The highest BCUT2D eigenvalue weighted by atomic mass is 16.1. The van der Waals surface area contributed by atoms with E-state index in [0.717, 1.165) is 18.8 Å². The first-order chi connectivity index (χ1) is 4.21. The topological polar surface area (TPSA) is 17.1 Å². The first-order valence-corrected chi connectivity index (χ1v) is 3.72. The largest absolute Gasteiger partial charge is 0.300 e. The summed E-state index contributed by atoms with van der Waals surface area (Å²) in [6.07, 6.45) is 4.23. The highest BCUT2D eigenvalue weighted by Gasteiger charge is 2.52. The third-order valence-corrected chi connectivity index (χ3v) is 2.91. The maximum atomic E-state index is 10.9. The predicted molar refractivity (Wildman–Crippen MR) is 35.1 cm³/mol. The van der Waals surface area contributed by atoms with E-state index < -0.39 is 0 Å². The fourth-order valence-corrected chi connectivity index (χ4v) is 2.05. The molecule has 2 saturated carbocycles. The zero-order valence-electron chi connectivity index (χ0n) is 5.81. The van der Waals surface area contributed by atoms with Gasteiger partial charge in [-0.25, -0.2) is 0 Å². The van der Waals surface area contributed by atoms with Gasteiger partial charge in [-0.15, -0.1) is 0 Å². The van der Waals surface area contributed by atoms with Crippen LogP contribution in [-0.2, 0) is 4.79 Å². The molecule has 2 rings (SSSR count). The second kappa shape index (κ2) is 1.39. The lowest BCUT2D eigenvalue weighted by molar-refractivity contribution is -0.121. The number of rotatable bonds is 0. The van der Waals surface area contributed by atoms with E-state index in [0.29, 0.717) is 11.2 Å². The second-order valence-corrected chi connectivity index (χ2v) is 3.81. The van der Waals surface area contributed by atoms with Crippen molar-refractivity contribution in [1.29, 1.82) is 0 Å². The molecule has 0 N–H and O–H groups in total. The number of Topliss-reactive ketones (excluding diaryl/α,β-unsaturated/α-hetero) is 1. The summed E-state index contributed by atoms with van der Waals surface area (Å²) in [7, 11) is 0. The summed E-state index contributed by atoms with van der Waals surface area (Å²) >= 11 is 0. The van der Waals surface area contributed by atoms with E-state index in [4.69, 9.17) is 0 Å². The van der Waals surface area contributed by atoms with Crippen molar-refractivity contribution in [3.05, 3.63) is 0 Å². The van der Waals surface area contributed by atoms with Crippen LogP contribution in [0.25, 0.3) is 0 Å². The Morgan fingerprint density at radius 3 is 3.00 bits per heavy atom. The molecule has 0 unspecified atom stereocenters. The van der Waals surface area contributed by atoms with Crippen molar-refractivity contribution in [1.82, 2.24) is 0 Å². The van der Waals surface area contributed by atoms with Gasteiger partial charge in [0.2, 0.25) is 0 Å². The van der Waals surface area contributed by atoms with Crippen molar-refractivity contribution in [3.8, 4) is 0 Å². The number of fused-ring (bicyclic) bond motifs is 1. The Hall–Kier alpha value is -0.330. The van der Waals surface area contributed by atoms with Crippen LogP contribution in [0.3, 0.4) is 0 Å². The maximum Gasteiger partial charge on any atom is 0.133 e. The molecular weight excluding hydrogens is 112 g/mol. The minimum atomic E-state index is 0.468. The summed E-state index contributed by atoms with van der Waals surface area (Å²) in [5.74, 6) is 1.40. The minimum Gasteiger partial charge on any atom is -0.300 e. The van der Waals surface area contributed by atoms with Gasteiger partial charge >= 0.3 is 0 Å². The molecule has 0 heterocycles. The normalized spacial score (nSPS) is 48.6. The number of ketones is 1. The molecule has 0 bridgehead atoms. The van der Waals surface area contributed by atoms with Gasteiger partial charge in [0.15, 0.2) is 0 Å². The molecule has 1 heteroatoms. The zero-order valence-corrected chi connectivity index (χ0v) is 5.81. The minimum absolute atomic E-state index is 0.468. The molecule has 0 aliphatic heterocycles. The quantitative estimate of drug-likeness (QED) is 0.481. The van der Waals surface area contributed by atoms with Gasteiger partial charge in [0.05, 0.1) is 0 Å². The van der Waals surface area contributed by atoms with E-state index in [9.17, 15) is 4.79 Å². The van der Waals surface area contributed by atoms with E-state index in [-0.39, 0.29) is 0 Å². The molecule has 9 heavy (non-hydrogen) atoms. The molecule has 2 aliphatic rings. The van der Waals surface area contributed by atoms with E-state index in [1.54, 1.807) is 0 Å². The maximum absolute atomic E-state index is 10.9. The van der Waals surface area contributed by atoms with Gasteiger partial charge in [-0.05, 0) is 24.2 Å². The van der Waals surface area contributed by atoms with Gasteiger partial charge in [-0.2, -0.15) is 0 Å². The molecule has 2 aliphatic carbocycles. The third-order valence-electron chi connectivity index (χ3n) is 2.91. The molecule has 0 aromatic carbocycles.